The maximum absolute atomic E-state index is 12.5. The van der Waals surface area contributed by atoms with E-state index in [1.165, 1.54) is 0 Å². The van der Waals surface area contributed by atoms with Crippen molar-refractivity contribution in [1.29, 1.82) is 0 Å². The summed E-state index contributed by atoms with van der Waals surface area (Å²) in [6.45, 7) is 0.619. The van der Waals surface area contributed by atoms with E-state index in [-0.39, 0.29) is 11.9 Å². The zero-order valence-electron chi connectivity index (χ0n) is 12.1. The molecule has 2 aromatic carbocycles. The van der Waals surface area contributed by atoms with Crippen molar-refractivity contribution in [1.82, 2.24) is 5.32 Å². The molecule has 0 fully saturated rings. The van der Waals surface area contributed by atoms with Crippen LogP contribution in [0.5, 0.6) is 11.5 Å². The van der Waals surface area contributed by atoms with Gasteiger partial charge in [0.2, 0.25) is 0 Å². The molecule has 4 heteroatoms. The number of fused-ring (bicyclic) bond motifs is 2. The molecule has 22 heavy (non-hydrogen) atoms. The number of carbonyl (C=O) groups is 1. The van der Waals surface area contributed by atoms with E-state index in [1.54, 1.807) is 0 Å². The van der Waals surface area contributed by atoms with Crippen LogP contribution in [0.15, 0.2) is 48.5 Å². The average Bonchev–Trinajstić information content (AvgIpc) is 2.99. The molecule has 0 unspecified atom stereocenters. The lowest BCUT2D eigenvalue weighted by Gasteiger charge is -2.27. The first-order valence-electron chi connectivity index (χ1n) is 7.58. The summed E-state index contributed by atoms with van der Waals surface area (Å²) < 4.78 is 11.4. The van der Waals surface area contributed by atoms with Gasteiger partial charge in [0.05, 0.1) is 12.6 Å². The predicted octanol–water partition coefficient (Wildman–Crippen LogP) is 2.63. The lowest BCUT2D eigenvalue weighted by molar-refractivity contribution is -0.128. The standard InChI is InChI=1S/C18H17NO3/c20-18(17-11-12-5-1-3-7-15(12)22-17)19-14-9-10-21-16-8-4-2-6-13(14)16/h1-8,14,17H,9-11H2,(H,19,20)/t14-,17-/m1/s1. The molecule has 1 N–H and O–H groups in total. The van der Waals surface area contributed by atoms with E-state index >= 15 is 0 Å². The van der Waals surface area contributed by atoms with Gasteiger partial charge in [-0.3, -0.25) is 4.79 Å². The van der Waals surface area contributed by atoms with Crippen LogP contribution in [0.2, 0.25) is 0 Å². The molecule has 0 aromatic heterocycles. The number of para-hydroxylation sites is 2. The molecule has 0 saturated heterocycles. The molecule has 2 atom stereocenters. The zero-order valence-corrected chi connectivity index (χ0v) is 12.1. The van der Waals surface area contributed by atoms with Crippen molar-refractivity contribution in [3.8, 4) is 11.5 Å². The number of hydrogen-bond acceptors (Lipinski definition) is 3. The van der Waals surface area contributed by atoms with Gasteiger partial charge in [-0.05, 0) is 17.7 Å². The van der Waals surface area contributed by atoms with Gasteiger partial charge in [-0.25, -0.2) is 0 Å². The van der Waals surface area contributed by atoms with E-state index in [1.807, 2.05) is 48.5 Å². The zero-order chi connectivity index (χ0) is 14.9. The minimum absolute atomic E-state index is 0.00948. The number of benzene rings is 2. The molecule has 4 nitrogen and oxygen atoms in total. The van der Waals surface area contributed by atoms with Crippen LogP contribution in [-0.2, 0) is 11.2 Å². The molecule has 2 aromatic rings. The average molecular weight is 295 g/mol. The Morgan fingerprint density at radius 2 is 1.82 bits per heavy atom. The monoisotopic (exact) mass is 295 g/mol. The normalized spacial score (nSPS) is 22.0. The first-order valence-corrected chi connectivity index (χ1v) is 7.58. The maximum atomic E-state index is 12.5. The van der Waals surface area contributed by atoms with Crippen LogP contribution in [-0.4, -0.2) is 18.6 Å². The molecule has 0 spiro atoms. The minimum Gasteiger partial charge on any atom is -0.493 e. The fraction of sp³-hybridized carbons (Fsp3) is 0.278. The molecule has 0 bridgehead atoms. The minimum atomic E-state index is -0.438. The van der Waals surface area contributed by atoms with Crippen LogP contribution in [0.1, 0.15) is 23.6 Å². The van der Waals surface area contributed by atoms with Crippen molar-refractivity contribution in [3.63, 3.8) is 0 Å². The van der Waals surface area contributed by atoms with E-state index < -0.39 is 6.10 Å². The van der Waals surface area contributed by atoms with Crippen LogP contribution in [0.3, 0.4) is 0 Å². The summed E-state index contributed by atoms with van der Waals surface area (Å²) in [5.41, 5.74) is 2.13. The van der Waals surface area contributed by atoms with Crippen LogP contribution in [0.25, 0.3) is 0 Å². The quantitative estimate of drug-likeness (QED) is 0.926. The first kappa shape index (κ1) is 13.2. The highest BCUT2D eigenvalue weighted by Crippen LogP contribution is 2.33. The van der Waals surface area contributed by atoms with Gasteiger partial charge in [-0.15, -0.1) is 0 Å². The topological polar surface area (TPSA) is 47.6 Å². The van der Waals surface area contributed by atoms with E-state index in [2.05, 4.69) is 5.32 Å². The van der Waals surface area contributed by atoms with Gasteiger partial charge in [0, 0.05) is 18.4 Å². The number of amides is 1. The van der Waals surface area contributed by atoms with Gasteiger partial charge in [0.1, 0.15) is 11.5 Å². The van der Waals surface area contributed by atoms with E-state index in [4.69, 9.17) is 9.47 Å². The Kier molecular flexibility index (Phi) is 3.22. The van der Waals surface area contributed by atoms with Crippen molar-refractivity contribution in [2.75, 3.05) is 6.61 Å². The van der Waals surface area contributed by atoms with Crippen LogP contribution < -0.4 is 14.8 Å². The maximum Gasteiger partial charge on any atom is 0.261 e. The number of nitrogens with one attached hydrogen (secondary N) is 1. The fourth-order valence-corrected chi connectivity index (χ4v) is 3.08. The summed E-state index contributed by atoms with van der Waals surface area (Å²) in [4.78, 5) is 12.5. The molecule has 2 aliphatic heterocycles. The molecule has 2 aliphatic rings. The van der Waals surface area contributed by atoms with Crippen LogP contribution in [0.4, 0.5) is 0 Å². The molecule has 0 saturated carbocycles. The highest BCUT2D eigenvalue weighted by atomic mass is 16.5. The van der Waals surface area contributed by atoms with Gasteiger partial charge in [-0.2, -0.15) is 0 Å². The van der Waals surface area contributed by atoms with E-state index in [9.17, 15) is 4.79 Å². The summed E-state index contributed by atoms with van der Waals surface area (Å²) in [7, 11) is 0. The summed E-state index contributed by atoms with van der Waals surface area (Å²) in [6, 6.07) is 15.7. The predicted molar refractivity (Wildman–Crippen MR) is 82.0 cm³/mol. The van der Waals surface area contributed by atoms with Crippen molar-refractivity contribution in [2.45, 2.75) is 25.0 Å². The molecule has 1 amide bonds. The Morgan fingerprint density at radius 3 is 2.68 bits per heavy atom. The molecular weight excluding hydrogens is 278 g/mol. The Morgan fingerprint density at radius 1 is 1.05 bits per heavy atom. The largest absolute Gasteiger partial charge is 0.493 e. The molecule has 0 aliphatic carbocycles. The summed E-state index contributed by atoms with van der Waals surface area (Å²) in [6.07, 6.45) is 0.974. The molecule has 2 heterocycles. The van der Waals surface area contributed by atoms with Crippen LogP contribution >= 0.6 is 0 Å². The number of carbonyl (C=O) groups excluding carboxylic acids is 1. The van der Waals surface area contributed by atoms with E-state index in [0.717, 1.165) is 29.0 Å². The third-order valence-electron chi connectivity index (χ3n) is 4.21. The molecular formula is C18H17NO3. The Labute approximate surface area is 129 Å². The second kappa shape index (κ2) is 5.37. The van der Waals surface area contributed by atoms with Crippen molar-refractivity contribution in [3.05, 3.63) is 59.7 Å². The van der Waals surface area contributed by atoms with Gasteiger partial charge >= 0.3 is 0 Å². The van der Waals surface area contributed by atoms with Gasteiger partial charge in [-0.1, -0.05) is 36.4 Å². The van der Waals surface area contributed by atoms with Crippen molar-refractivity contribution >= 4 is 5.91 Å². The number of ether oxygens (including phenoxy) is 2. The third kappa shape index (κ3) is 2.30. The molecule has 112 valence electrons. The van der Waals surface area contributed by atoms with Gasteiger partial charge < -0.3 is 14.8 Å². The Hall–Kier alpha value is -2.49. The summed E-state index contributed by atoms with van der Waals surface area (Å²) in [5, 5.41) is 3.11. The second-order valence-corrected chi connectivity index (χ2v) is 5.65. The number of hydrogen-bond donors (Lipinski definition) is 1. The summed E-state index contributed by atoms with van der Waals surface area (Å²) in [5.74, 6) is 1.61. The second-order valence-electron chi connectivity index (χ2n) is 5.65. The Bertz CT molecular complexity index is 688. The lowest BCUT2D eigenvalue weighted by atomic mass is 10.00. The molecule has 0 radical (unpaired) electrons. The Balaban J connectivity index is 1.48. The summed E-state index contributed by atoms with van der Waals surface area (Å²) >= 11 is 0. The van der Waals surface area contributed by atoms with Crippen LogP contribution in [0, 0.1) is 0 Å². The lowest BCUT2D eigenvalue weighted by Crippen LogP contribution is -2.41. The third-order valence-corrected chi connectivity index (χ3v) is 4.21. The van der Waals surface area contributed by atoms with E-state index in [0.29, 0.717) is 13.0 Å². The first-order chi connectivity index (χ1) is 10.8. The number of rotatable bonds is 2. The SMILES string of the molecule is O=C(N[C@@H]1CCOc2ccccc21)[C@H]1Cc2ccccc2O1. The highest BCUT2D eigenvalue weighted by Gasteiger charge is 2.31. The molecule has 4 rings (SSSR count). The fourth-order valence-electron chi connectivity index (χ4n) is 3.08. The van der Waals surface area contributed by atoms with Crippen molar-refractivity contribution in [2.24, 2.45) is 0 Å². The van der Waals surface area contributed by atoms with Crippen molar-refractivity contribution < 1.29 is 14.3 Å². The highest BCUT2D eigenvalue weighted by molar-refractivity contribution is 5.83. The smallest absolute Gasteiger partial charge is 0.261 e. The van der Waals surface area contributed by atoms with Gasteiger partial charge in [0.25, 0.3) is 5.91 Å². The van der Waals surface area contributed by atoms with Gasteiger partial charge in [0.15, 0.2) is 6.10 Å².